The van der Waals surface area contributed by atoms with E-state index >= 15 is 0 Å². The fourth-order valence-corrected chi connectivity index (χ4v) is 2.04. The molecule has 0 saturated carbocycles. The molecule has 1 aromatic carbocycles. The molecule has 14 heavy (non-hydrogen) atoms. The van der Waals surface area contributed by atoms with Crippen molar-refractivity contribution in [3.8, 4) is 5.75 Å². The maximum Gasteiger partial charge on any atom is 0.138 e. The molecular weight excluding hydrogens is 239 g/mol. The summed E-state index contributed by atoms with van der Waals surface area (Å²) in [6.45, 7) is 3.92. The molecule has 0 amide bonds. The van der Waals surface area contributed by atoms with Crippen LogP contribution in [0.15, 0.2) is 12.1 Å². The van der Waals surface area contributed by atoms with Gasteiger partial charge in [0.05, 0.1) is 12.1 Å². The van der Waals surface area contributed by atoms with Crippen LogP contribution in [0.3, 0.4) is 0 Å². The van der Waals surface area contributed by atoms with Crippen molar-refractivity contribution < 1.29 is 4.74 Å². The lowest BCUT2D eigenvalue weighted by atomic mass is 10.0. The zero-order valence-electron chi connectivity index (χ0n) is 8.27. The SMILES string of the molecule is COc1cc(Cl)c(C(C)(C)S)cc1Cl. The van der Waals surface area contributed by atoms with Gasteiger partial charge >= 0.3 is 0 Å². The van der Waals surface area contributed by atoms with Gasteiger partial charge in [0.1, 0.15) is 5.75 Å². The minimum Gasteiger partial charge on any atom is -0.495 e. The Balaban J connectivity index is 3.29. The van der Waals surface area contributed by atoms with Crippen LogP contribution in [-0.4, -0.2) is 7.11 Å². The summed E-state index contributed by atoms with van der Waals surface area (Å²) in [5, 5.41) is 1.17. The second-order valence-electron chi connectivity index (χ2n) is 3.53. The number of hydrogen-bond acceptors (Lipinski definition) is 2. The highest BCUT2D eigenvalue weighted by atomic mass is 35.5. The third-order valence-corrected chi connectivity index (χ3v) is 2.75. The van der Waals surface area contributed by atoms with Crippen molar-refractivity contribution in [1.29, 1.82) is 0 Å². The van der Waals surface area contributed by atoms with Crippen LogP contribution in [0.5, 0.6) is 5.75 Å². The molecule has 0 spiro atoms. The normalized spacial score (nSPS) is 11.6. The van der Waals surface area contributed by atoms with Crippen molar-refractivity contribution in [2.45, 2.75) is 18.6 Å². The maximum absolute atomic E-state index is 6.08. The Morgan fingerprint density at radius 3 is 2.21 bits per heavy atom. The van der Waals surface area contributed by atoms with Crippen LogP contribution in [-0.2, 0) is 4.75 Å². The second kappa shape index (κ2) is 4.21. The van der Waals surface area contributed by atoms with Gasteiger partial charge in [-0.2, -0.15) is 12.6 Å². The molecule has 0 radical (unpaired) electrons. The smallest absolute Gasteiger partial charge is 0.138 e. The number of hydrogen-bond donors (Lipinski definition) is 1. The van der Waals surface area contributed by atoms with Crippen LogP contribution in [0.1, 0.15) is 19.4 Å². The molecule has 4 heteroatoms. The highest BCUT2D eigenvalue weighted by Crippen LogP contribution is 2.38. The van der Waals surface area contributed by atoms with Gasteiger partial charge < -0.3 is 4.74 Å². The van der Waals surface area contributed by atoms with E-state index in [1.165, 1.54) is 0 Å². The minimum atomic E-state index is -0.313. The third kappa shape index (κ3) is 2.50. The molecule has 0 fully saturated rings. The van der Waals surface area contributed by atoms with Gasteiger partial charge in [0.25, 0.3) is 0 Å². The molecule has 0 unspecified atom stereocenters. The summed E-state index contributed by atoms with van der Waals surface area (Å²) in [7, 11) is 1.56. The predicted molar refractivity (Wildman–Crippen MR) is 65.0 cm³/mol. The van der Waals surface area contributed by atoms with E-state index in [-0.39, 0.29) is 4.75 Å². The quantitative estimate of drug-likeness (QED) is 0.776. The van der Waals surface area contributed by atoms with Crippen molar-refractivity contribution in [3.05, 3.63) is 27.7 Å². The van der Waals surface area contributed by atoms with E-state index in [2.05, 4.69) is 12.6 Å². The van der Waals surface area contributed by atoms with Gasteiger partial charge in [-0.25, -0.2) is 0 Å². The molecule has 0 bridgehead atoms. The first-order chi connectivity index (χ1) is 6.36. The van der Waals surface area contributed by atoms with E-state index < -0.39 is 0 Å². The molecule has 1 nitrogen and oxygen atoms in total. The Hall–Kier alpha value is -0.0500. The molecule has 0 aromatic heterocycles. The molecule has 0 aliphatic carbocycles. The summed E-state index contributed by atoms with van der Waals surface area (Å²) in [5.41, 5.74) is 0.897. The van der Waals surface area contributed by atoms with Crippen molar-refractivity contribution in [2.24, 2.45) is 0 Å². The van der Waals surface area contributed by atoms with Crippen LogP contribution < -0.4 is 4.74 Å². The van der Waals surface area contributed by atoms with Crippen LogP contribution in [0.2, 0.25) is 10.0 Å². The van der Waals surface area contributed by atoms with E-state index in [0.29, 0.717) is 15.8 Å². The summed E-state index contributed by atoms with van der Waals surface area (Å²) in [4.78, 5) is 0. The highest BCUT2D eigenvalue weighted by Gasteiger charge is 2.20. The van der Waals surface area contributed by atoms with Gasteiger partial charge in [-0.15, -0.1) is 0 Å². The van der Waals surface area contributed by atoms with Crippen molar-refractivity contribution >= 4 is 35.8 Å². The summed E-state index contributed by atoms with van der Waals surface area (Å²) in [6.07, 6.45) is 0. The Bertz CT molecular complexity index is 345. The number of benzene rings is 1. The Morgan fingerprint density at radius 2 is 1.79 bits per heavy atom. The molecular formula is C10H12Cl2OS. The average Bonchev–Trinajstić information content (AvgIpc) is 2.06. The fourth-order valence-electron chi connectivity index (χ4n) is 1.15. The molecule has 0 aliphatic rings. The molecule has 1 aromatic rings. The van der Waals surface area contributed by atoms with Crippen LogP contribution >= 0.6 is 35.8 Å². The zero-order valence-corrected chi connectivity index (χ0v) is 10.7. The monoisotopic (exact) mass is 250 g/mol. The Morgan fingerprint density at radius 1 is 1.21 bits per heavy atom. The number of ether oxygens (including phenoxy) is 1. The molecule has 0 aliphatic heterocycles. The molecule has 0 saturated heterocycles. The third-order valence-electron chi connectivity index (χ3n) is 1.90. The van der Waals surface area contributed by atoms with E-state index in [4.69, 9.17) is 27.9 Å². The Kier molecular flexibility index (Phi) is 3.62. The standard InChI is InChI=1S/C10H12Cl2OS/c1-10(2,14)6-4-8(12)9(13-3)5-7(6)11/h4-5,14H,1-3H3. The molecule has 1 rings (SSSR count). The van der Waals surface area contributed by atoms with E-state index in [1.54, 1.807) is 19.2 Å². The summed E-state index contributed by atoms with van der Waals surface area (Å²) >= 11 is 16.5. The average molecular weight is 251 g/mol. The molecule has 0 atom stereocenters. The molecule has 78 valence electrons. The first-order valence-corrected chi connectivity index (χ1v) is 5.32. The lowest BCUT2D eigenvalue weighted by Gasteiger charge is -2.20. The van der Waals surface area contributed by atoms with Crippen molar-refractivity contribution in [3.63, 3.8) is 0 Å². The van der Waals surface area contributed by atoms with E-state index in [1.807, 2.05) is 13.8 Å². The zero-order chi connectivity index (χ0) is 10.9. The fraction of sp³-hybridized carbons (Fsp3) is 0.400. The second-order valence-corrected chi connectivity index (χ2v) is 5.46. The maximum atomic E-state index is 6.08. The first kappa shape index (κ1) is 12.0. The number of methoxy groups -OCH3 is 1. The van der Waals surface area contributed by atoms with Crippen molar-refractivity contribution in [2.75, 3.05) is 7.11 Å². The van der Waals surface area contributed by atoms with E-state index in [9.17, 15) is 0 Å². The van der Waals surface area contributed by atoms with Crippen LogP contribution in [0.25, 0.3) is 0 Å². The van der Waals surface area contributed by atoms with Gasteiger partial charge in [0.15, 0.2) is 0 Å². The first-order valence-electron chi connectivity index (χ1n) is 4.12. The topological polar surface area (TPSA) is 9.23 Å². The number of thiol groups is 1. The number of rotatable bonds is 2. The summed E-state index contributed by atoms with van der Waals surface area (Å²) in [6, 6.07) is 3.49. The van der Waals surface area contributed by atoms with Gasteiger partial charge in [0.2, 0.25) is 0 Å². The lowest BCUT2D eigenvalue weighted by molar-refractivity contribution is 0.415. The van der Waals surface area contributed by atoms with Crippen LogP contribution in [0, 0.1) is 0 Å². The van der Waals surface area contributed by atoms with Crippen LogP contribution in [0.4, 0.5) is 0 Å². The van der Waals surface area contributed by atoms with Gasteiger partial charge in [-0.3, -0.25) is 0 Å². The minimum absolute atomic E-state index is 0.313. The van der Waals surface area contributed by atoms with Crippen molar-refractivity contribution in [1.82, 2.24) is 0 Å². The van der Waals surface area contributed by atoms with Gasteiger partial charge in [0, 0.05) is 15.8 Å². The molecule has 0 N–H and O–H groups in total. The number of halogens is 2. The van der Waals surface area contributed by atoms with Gasteiger partial charge in [-0.05, 0) is 25.5 Å². The molecule has 0 heterocycles. The Labute approximate surface area is 99.8 Å². The highest BCUT2D eigenvalue weighted by molar-refractivity contribution is 7.81. The lowest BCUT2D eigenvalue weighted by Crippen LogP contribution is -2.08. The van der Waals surface area contributed by atoms with E-state index in [0.717, 1.165) is 5.56 Å². The summed E-state index contributed by atoms with van der Waals surface area (Å²) in [5.74, 6) is 0.581. The summed E-state index contributed by atoms with van der Waals surface area (Å²) < 4.78 is 4.74. The van der Waals surface area contributed by atoms with Gasteiger partial charge in [-0.1, -0.05) is 23.2 Å². The predicted octanol–water partition coefficient (Wildman–Crippen LogP) is 4.17. The largest absolute Gasteiger partial charge is 0.495 e.